The van der Waals surface area contributed by atoms with Gasteiger partial charge in [0.15, 0.2) is 16.7 Å². The summed E-state index contributed by atoms with van der Waals surface area (Å²) in [4.78, 5) is 25.6. The van der Waals surface area contributed by atoms with E-state index in [0.29, 0.717) is 15.6 Å². The monoisotopic (exact) mass is 479 g/mol. The van der Waals surface area contributed by atoms with Crippen LogP contribution in [0.25, 0.3) is 0 Å². The number of aryl methyl sites for hydroxylation is 1. The Balaban J connectivity index is 1.79. The standard InChI is InChI=1S/C20H19F2N5O5S/c1-25(10-12-4-6-15(32-19(21)22)16(8-12)31-3)18(28)13-5-7-17(14(9-13)27(29)30)33-20-24-23-11-26(20)2/h4-9,11,19H,10H2,1-3H3. The van der Waals surface area contributed by atoms with Crippen LogP contribution in [0.2, 0.25) is 0 Å². The first-order valence-electron chi connectivity index (χ1n) is 9.37. The minimum Gasteiger partial charge on any atom is -0.493 e. The highest BCUT2D eigenvalue weighted by Gasteiger charge is 2.22. The Morgan fingerprint density at radius 1 is 1.27 bits per heavy atom. The predicted molar refractivity (Wildman–Crippen MR) is 114 cm³/mol. The lowest BCUT2D eigenvalue weighted by molar-refractivity contribution is -0.387. The molecule has 1 aromatic heterocycles. The molecule has 0 radical (unpaired) electrons. The van der Waals surface area contributed by atoms with E-state index in [0.717, 1.165) is 11.8 Å². The van der Waals surface area contributed by atoms with E-state index in [1.807, 2.05) is 0 Å². The number of methoxy groups -OCH3 is 1. The molecule has 174 valence electrons. The third-order valence-electron chi connectivity index (χ3n) is 4.48. The molecule has 0 saturated heterocycles. The number of rotatable bonds is 9. The van der Waals surface area contributed by atoms with Crippen LogP contribution in [-0.4, -0.2) is 51.3 Å². The van der Waals surface area contributed by atoms with Gasteiger partial charge < -0.3 is 18.9 Å². The maximum atomic E-state index is 12.9. The lowest BCUT2D eigenvalue weighted by atomic mass is 10.1. The molecule has 2 aromatic carbocycles. The molecule has 3 rings (SSSR count). The van der Waals surface area contributed by atoms with E-state index < -0.39 is 17.4 Å². The zero-order chi connectivity index (χ0) is 24.1. The zero-order valence-electron chi connectivity index (χ0n) is 17.8. The van der Waals surface area contributed by atoms with Crippen molar-refractivity contribution in [1.29, 1.82) is 0 Å². The molecule has 33 heavy (non-hydrogen) atoms. The molecule has 0 N–H and O–H groups in total. The van der Waals surface area contributed by atoms with Gasteiger partial charge in [-0.05, 0) is 41.6 Å². The third kappa shape index (κ3) is 5.74. The largest absolute Gasteiger partial charge is 0.493 e. The molecule has 1 amide bonds. The molecule has 0 spiro atoms. The van der Waals surface area contributed by atoms with Gasteiger partial charge in [-0.25, -0.2) is 0 Å². The summed E-state index contributed by atoms with van der Waals surface area (Å²) in [6, 6.07) is 8.50. The topological polar surface area (TPSA) is 113 Å². The second kappa shape index (κ2) is 10.3. The Hall–Kier alpha value is -3.74. The normalized spacial score (nSPS) is 10.8. The molecule has 10 nitrogen and oxygen atoms in total. The van der Waals surface area contributed by atoms with Gasteiger partial charge >= 0.3 is 6.61 Å². The number of ether oxygens (including phenoxy) is 2. The quantitative estimate of drug-likeness (QED) is 0.337. The molecular weight excluding hydrogens is 460 g/mol. The summed E-state index contributed by atoms with van der Waals surface area (Å²) in [5.74, 6) is -0.494. The van der Waals surface area contributed by atoms with E-state index >= 15 is 0 Å². The van der Waals surface area contributed by atoms with E-state index in [2.05, 4.69) is 14.9 Å². The molecule has 0 aliphatic heterocycles. The SMILES string of the molecule is COc1cc(CN(C)C(=O)c2ccc(Sc3nncn3C)c([N+](=O)[O-])c2)ccc1OC(F)F. The van der Waals surface area contributed by atoms with Crippen LogP contribution in [-0.2, 0) is 13.6 Å². The summed E-state index contributed by atoms with van der Waals surface area (Å²) >= 11 is 1.06. The Morgan fingerprint density at radius 3 is 2.64 bits per heavy atom. The zero-order valence-corrected chi connectivity index (χ0v) is 18.6. The number of hydrogen-bond donors (Lipinski definition) is 0. The number of nitrogens with zero attached hydrogens (tertiary/aromatic N) is 5. The minimum absolute atomic E-state index is 0.0921. The van der Waals surface area contributed by atoms with E-state index in [1.165, 1.54) is 61.8 Å². The number of halogens is 2. The number of hydrogen-bond acceptors (Lipinski definition) is 8. The van der Waals surface area contributed by atoms with Gasteiger partial charge in [-0.15, -0.1) is 10.2 Å². The van der Waals surface area contributed by atoms with Crippen molar-refractivity contribution in [2.24, 2.45) is 7.05 Å². The van der Waals surface area contributed by atoms with Crippen LogP contribution in [0.4, 0.5) is 14.5 Å². The van der Waals surface area contributed by atoms with Crippen molar-refractivity contribution in [1.82, 2.24) is 19.7 Å². The van der Waals surface area contributed by atoms with Gasteiger partial charge in [-0.1, -0.05) is 6.07 Å². The van der Waals surface area contributed by atoms with Crippen molar-refractivity contribution < 1.29 is 28.0 Å². The summed E-state index contributed by atoms with van der Waals surface area (Å²) < 4.78 is 36.1. The first-order chi connectivity index (χ1) is 15.7. The van der Waals surface area contributed by atoms with Gasteiger partial charge in [-0.3, -0.25) is 14.9 Å². The van der Waals surface area contributed by atoms with Crippen molar-refractivity contribution in [3.05, 3.63) is 64.0 Å². The summed E-state index contributed by atoms with van der Waals surface area (Å²) in [5.41, 5.74) is 0.474. The Kier molecular flexibility index (Phi) is 7.43. The van der Waals surface area contributed by atoms with E-state index in [1.54, 1.807) is 11.6 Å². The highest BCUT2D eigenvalue weighted by molar-refractivity contribution is 7.99. The Morgan fingerprint density at radius 2 is 2.03 bits per heavy atom. The maximum absolute atomic E-state index is 12.9. The molecule has 0 bridgehead atoms. The molecule has 1 heterocycles. The average Bonchev–Trinajstić information content (AvgIpc) is 3.18. The fourth-order valence-electron chi connectivity index (χ4n) is 2.91. The lowest BCUT2D eigenvalue weighted by Gasteiger charge is -2.19. The number of carbonyl (C=O) groups excluding carboxylic acids is 1. The van der Waals surface area contributed by atoms with Crippen LogP contribution in [0, 0.1) is 10.1 Å². The molecule has 0 saturated carbocycles. The average molecular weight is 479 g/mol. The number of nitro groups is 1. The number of aromatic nitrogens is 3. The van der Waals surface area contributed by atoms with E-state index in [4.69, 9.17) is 4.74 Å². The molecule has 0 atom stereocenters. The minimum atomic E-state index is -3.00. The first kappa shape index (κ1) is 23.9. The fraction of sp³-hybridized carbons (Fsp3) is 0.250. The molecule has 13 heteroatoms. The van der Waals surface area contributed by atoms with E-state index in [-0.39, 0.29) is 29.3 Å². The van der Waals surface area contributed by atoms with Gasteiger partial charge in [0.25, 0.3) is 11.6 Å². The Bertz CT molecular complexity index is 1170. The number of amides is 1. The summed E-state index contributed by atoms with van der Waals surface area (Å²) in [5, 5.41) is 19.7. The summed E-state index contributed by atoms with van der Waals surface area (Å²) in [6.07, 6.45) is 1.47. The van der Waals surface area contributed by atoms with Gasteiger partial charge in [0, 0.05) is 32.3 Å². The van der Waals surface area contributed by atoms with Crippen molar-refractivity contribution >= 4 is 23.4 Å². The lowest BCUT2D eigenvalue weighted by Crippen LogP contribution is -2.26. The molecule has 0 aliphatic carbocycles. The van der Waals surface area contributed by atoms with Crippen LogP contribution < -0.4 is 9.47 Å². The Labute approximate surface area is 191 Å². The highest BCUT2D eigenvalue weighted by Crippen LogP contribution is 2.34. The fourth-order valence-corrected chi connectivity index (χ4v) is 3.76. The molecule has 0 fully saturated rings. The number of benzene rings is 2. The van der Waals surface area contributed by atoms with E-state index in [9.17, 15) is 23.7 Å². The molecule has 0 aliphatic rings. The molecular formula is C20H19F2N5O5S. The smallest absolute Gasteiger partial charge is 0.387 e. The van der Waals surface area contributed by atoms with Gasteiger partial charge in [0.1, 0.15) is 6.33 Å². The number of carbonyl (C=O) groups is 1. The first-order valence-corrected chi connectivity index (χ1v) is 10.2. The number of nitro benzene ring substituents is 1. The molecule has 3 aromatic rings. The van der Waals surface area contributed by atoms with Crippen molar-refractivity contribution in [3.63, 3.8) is 0 Å². The van der Waals surface area contributed by atoms with Crippen LogP contribution in [0.1, 0.15) is 15.9 Å². The van der Waals surface area contributed by atoms with Gasteiger partial charge in [-0.2, -0.15) is 8.78 Å². The van der Waals surface area contributed by atoms with Crippen LogP contribution in [0.15, 0.2) is 52.8 Å². The van der Waals surface area contributed by atoms with Gasteiger partial charge in [0.2, 0.25) is 0 Å². The van der Waals surface area contributed by atoms with Crippen molar-refractivity contribution in [2.75, 3.05) is 14.2 Å². The van der Waals surface area contributed by atoms with Crippen molar-refractivity contribution in [2.45, 2.75) is 23.2 Å². The second-order valence-corrected chi connectivity index (χ2v) is 7.80. The predicted octanol–water partition coefficient (Wildman–Crippen LogP) is 3.76. The second-order valence-electron chi connectivity index (χ2n) is 6.79. The highest BCUT2D eigenvalue weighted by atomic mass is 32.2. The third-order valence-corrected chi connectivity index (χ3v) is 5.60. The van der Waals surface area contributed by atoms with Crippen LogP contribution >= 0.6 is 11.8 Å². The summed E-state index contributed by atoms with van der Waals surface area (Å²) in [7, 11) is 4.54. The van der Waals surface area contributed by atoms with Crippen LogP contribution in [0.3, 0.4) is 0 Å². The van der Waals surface area contributed by atoms with Crippen LogP contribution in [0.5, 0.6) is 11.5 Å². The summed E-state index contributed by atoms with van der Waals surface area (Å²) in [6.45, 7) is -2.90. The van der Waals surface area contributed by atoms with Gasteiger partial charge in [0.05, 0.1) is 16.9 Å². The van der Waals surface area contributed by atoms with Crippen molar-refractivity contribution in [3.8, 4) is 11.5 Å². The number of alkyl halides is 2. The maximum Gasteiger partial charge on any atom is 0.387 e. The molecule has 0 unspecified atom stereocenters.